The molecule has 3 rings (SSSR count). The van der Waals surface area contributed by atoms with E-state index in [2.05, 4.69) is 10.3 Å². The summed E-state index contributed by atoms with van der Waals surface area (Å²) < 4.78 is 5.20. The van der Waals surface area contributed by atoms with Gasteiger partial charge in [0, 0.05) is 23.7 Å². The zero-order valence-electron chi connectivity index (χ0n) is 9.94. The number of fused-ring (bicyclic) bond motifs is 1. The summed E-state index contributed by atoms with van der Waals surface area (Å²) in [7, 11) is 0. The molecule has 3 aromatic rings. The van der Waals surface area contributed by atoms with Crippen molar-refractivity contribution in [3.8, 4) is 0 Å². The van der Waals surface area contributed by atoms with Crippen molar-refractivity contribution in [2.24, 2.45) is 0 Å². The van der Waals surface area contributed by atoms with Gasteiger partial charge in [-0.15, -0.1) is 0 Å². The van der Waals surface area contributed by atoms with Crippen LogP contribution < -0.4 is 5.32 Å². The number of benzene rings is 1. The molecule has 19 heavy (non-hydrogen) atoms. The van der Waals surface area contributed by atoms with Crippen molar-refractivity contribution in [1.82, 2.24) is 10.3 Å². The largest absolute Gasteiger partial charge is 0.463 e. The predicted octanol–water partition coefficient (Wildman–Crippen LogP) is 3.34. The Labute approximate surface area is 114 Å². The van der Waals surface area contributed by atoms with Crippen LogP contribution in [0.1, 0.15) is 16.1 Å². The van der Waals surface area contributed by atoms with Gasteiger partial charge < -0.3 is 14.7 Å². The SMILES string of the molecule is O=C(NCc1ccccc1Cl)c1cc2occc2[nH]1. The number of furan rings is 1. The maximum atomic E-state index is 12.0. The normalized spacial score (nSPS) is 10.8. The second-order valence-corrected chi connectivity index (χ2v) is 4.56. The molecule has 0 saturated heterocycles. The molecule has 0 aliphatic carbocycles. The van der Waals surface area contributed by atoms with Crippen molar-refractivity contribution in [1.29, 1.82) is 0 Å². The molecule has 2 aromatic heterocycles. The van der Waals surface area contributed by atoms with E-state index in [1.54, 1.807) is 24.5 Å². The number of carbonyl (C=O) groups is 1. The van der Waals surface area contributed by atoms with E-state index in [0.717, 1.165) is 11.1 Å². The smallest absolute Gasteiger partial charge is 0.268 e. The number of hydrogen-bond acceptors (Lipinski definition) is 2. The molecule has 4 nitrogen and oxygen atoms in total. The number of hydrogen-bond donors (Lipinski definition) is 2. The lowest BCUT2D eigenvalue weighted by molar-refractivity contribution is 0.0946. The Kier molecular flexibility index (Phi) is 3.01. The maximum absolute atomic E-state index is 12.0. The van der Waals surface area contributed by atoms with E-state index in [4.69, 9.17) is 16.0 Å². The van der Waals surface area contributed by atoms with Crippen molar-refractivity contribution >= 4 is 28.6 Å². The number of H-pyrrole nitrogens is 1. The molecule has 2 heterocycles. The molecular formula is C14H11ClN2O2. The van der Waals surface area contributed by atoms with Crippen LogP contribution in [0, 0.1) is 0 Å². The quantitative estimate of drug-likeness (QED) is 0.769. The molecule has 0 aliphatic rings. The third-order valence-corrected chi connectivity index (χ3v) is 3.25. The van der Waals surface area contributed by atoms with Crippen LogP contribution in [0.5, 0.6) is 0 Å². The molecule has 0 aliphatic heterocycles. The number of halogens is 1. The first-order chi connectivity index (χ1) is 9.24. The Morgan fingerprint density at radius 3 is 2.95 bits per heavy atom. The van der Waals surface area contributed by atoms with Gasteiger partial charge in [0.2, 0.25) is 0 Å². The summed E-state index contributed by atoms with van der Waals surface area (Å²) in [5.41, 5.74) is 2.83. The lowest BCUT2D eigenvalue weighted by Gasteiger charge is -2.05. The van der Waals surface area contributed by atoms with Crippen molar-refractivity contribution in [3.05, 3.63) is 58.9 Å². The Hall–Kier alpha value is -2.20. The molecule has 2 N–H and O–H groups in total. The highest BCUT2D eigenvalue weighted by Crippen LogP contribution is 2.17. The summed E-state index contributed by atoms with van der Waals surface area (Å²) >= 11 is 6.03. The van der Waals surface area contributed by atoms with Crippen LogP contribution in [-0.4, -0.2) is 10.9 Å². The minimum atomic E-state index is -0.189. The molecule has 0 radical (unpaired) electrons. The van der Waals surface area contributed by atoms with Gasteiger partial charge in [-0.3, -0.25) is 4.79 Å². The summed E-state index contributed by atoms with van der Waals surface area (Å²) in [6.45, 7) is 0.388. The zero-order valence-corrected chi connectivity index (χ0v) is 10.7. The Bertz CT molecular complexity index is 701. The number of aromatic nitrogens is 1. The zero-order chi connectivity index (χ0) is 13.2. The Morgan fingerprint density at radius 2 is 2.16 bits per heavy atom. The first-order valence-electron chi connectivity index (χ1n) is 5.82. The fraction of sp³-hybridized carbons (Fsp3) is 0.0714. The van der Waals surface area contributed by atoms with Crippen molar-refractivity contribution in [3.63, 3.8) is 0 Å². The highest BCUT2D eigenvalue weighted by atomic mass is 35.5. The van der Waals surface area contributed by atoms with E-state index in [-0.39, 0.29) is 5.91 Å². The van der Waals surface area contributed by atoms with Gasteiger partial charge >= 0.3 is 0 Å². The number of aromatic amines is 1. The van der Waals surface area contributed by atoms with Crippen LogP contribution in [0.25, 0.3) is 11.1 Å². The molecule has 0 saturated carbocycles. The molecule has 1 amide bonds. The van der Waals surface area contributed by atoms with E-state index >= 15 is 0 Å². The molecule has 5 heteroatoms. The summed E-state index contributed by atoms with van der Waals surface area (Å²) in [6, 6.07) is 10.9. The van der Waals surface area contributed by atoms with Gasteiger partial charge in [0.15, 0.2) is 5.58 Å². The van der Waals surface area contributed by atoms with Crippen molar-refractivity contribution in [2.45, 2.75) is 6.54 Å². The van der Waals surface area contributed by atoms with E-state index in [9.17, 15) is 4.79 Å². The van der Waals surface area contributed by atoms with Gasteiger partial charge in [-0.2, -0.15) is 0 Å². The van der Waals surface area contributed by atoms with E-state index in [0.29, 0.717) is 22.8 Å². The Balaban J connectivity index is 1.72. The molecule has 1 aromatic carbocycles. The minimum Gasteiger partial charge on any atom is -0.463 e. The minimum absolute atomic E-state index is 0.189. The maximum Gasteiger partial charge on any atom is 0.268 e. The average molecular weight is 275 g/mol. The van der Waals surface area contributed by atoms with Gasteiger partial charge in [-0.1, -0.05) is 29.8 Å². The number of rotatable bonds is 3. The van der Waals surface area contributed by atoms with Gasteiger partial charge in [-0.05, 0) is 11.6 Å². The second-order valence-electron chi connectivity index (χ2n) is 4.16. The standard InChI is InChI=1S/C14H11ClN2O2/c15-10-4-2-1-3-9(10)8-16-14(18)12-7-13-11(17-12)5-6-19-13/h1-7,17H,8H2,(H,16,18). The predicted molar refractivity (Wildman–Crippen MR) is 73.2 cm³/mol. The first kappa shape index (κ1) is 11.9. The van der Waals surface area contributed by atoms with Gasteiger partial charge in [-0.25, -0.2) is 0 Å². The number of nitrogens with one attached hydrogen (secondary N) is 2. The van der Waals surface area contributed by atoms with Gasteiger partial charge in [0.05, 0.1) is 11.8 Å². The van der Waals surface area contributed by atoms with Crippen molar-refractivity contribution < 1.29 is 9.21 Å². The first-order valence-corrected chi connectivity index (χ1v) is 6.19. The molecule has 96 valence electrons. The number of amides is 1. The van der Waals surface area contributed by atoms with E-state index in [1.807, 2.05) is 18.2 Å². The van der Waals surface area contributed by atoms with Crippen LogP contribution in [-0.2, 0) is 6.54 Å². The highest BCUT2D eigenvalue weighted by Gasteiger charge is 2.11. The fourth-order valence-corrected chi connectivity index (χ4v) is 2.09. The van der Waals surface area contributed by atoms with Crippen LogP contribution in [0.4, 0.5) is 0 Å². The van der Waals surface area contributed by atoms with Crippen LogP contribution in [0.15, 0.2) is 47.1 Å². The summed E-state index contributed by atoms with van der Waals surface area (Å²) in [4.78, 5) is 15.0. The Morgan fingerprint density at radius 1 is 1.32 bits per heavy atom. The lowest BCUT2D eigenvalue weighted by Crippen LogP contribution is -2.23. The second kappa shape index (κ2) is 4.82. The van der Waals surface area contributed by atoms with Gasteiger partial charge in [0.25, 0.3) is 5.91 Å². The highest BCUT2D eigenvalue weighted by molar-refractivity contribution is 6.31. The fourth-order valence-electron chi connectivity index (χ4n) is 1.88. The lowest BCUT2D eigenvalue weighted by atomic mass is 10.2. The molecule has 0 unspecified atom stereocenters. The average Bonchev–Trinajstić information content (AvgIpc) is 2.98. The van der Waals surface area contributed by atoms with E-state index in [1.165, 1.54) is 0 Å². The molecule has 0 atom stereocenters. The summed E-state index contributed by atoms with van der Waals surface area (Å²) in [5, 5.41) is 3.45. The number of carbonyl (C=O) groups excluding carboxylic acids is 1. The third kappa shape index (κ3) is 2.35. The summed E-state index contributed by atoms with van der Waals surface area (Å²) in [5.74, 6) is -0.189. The third-order valence-electron chi connectivity index (χ3n) is 2.88. The van der Waals surface area contributed by atoms with E-state index < -0.39 is 0 Å². The van der Waals surface area contributed by atoms with Crippen LogP contribution >= 0.6 is 11.6 Å². The molecular weight excluding hydrogens is 264 g/mol. The van der Waals surface area contributed by atoms with Crippen LogP contribution in [0.3, 0.4) is 0 Å². The van der Waals surface area contributed by atoms with Crippen molar-refractivity contribution in [2.75, 3.05) is 0 Å². The summed E-state index contributed by atoms with van der Waals surface area (Å²) in [6.07, 6.45) is 1.58. The van der Waals surface area contributed by atoms with Crippen LogP contribution in [0.2, 0.25) is 5.02 Å². The van der Waals surface area contributed by atoms with Gasteiger partial charge in [0.1, 0.15) is 5.69 Å². The molecule has 0 bridgehead atoms. The topological polar surface area (TPSA) is 58.0 Å². The molecule has 0 spiro atoms. The molecule has 0 fully saturated rings. The monoisotopic (exact) mass is 274 g/mol.